The average molecular weight is 286 g/mol. The van der Waals surface area contributed by atoms with Crippen molar-refractivity contribution in [3.8, 4) is 11.5 Å². The highest BCUT2D eigenvalue weighted by atomic mass is 16.6. The van der Waals surface area contributed by atoms with Crippen LogP contribution in [0.1, 0.15) is 18.1 Å². The van der Waals surface area contributed by atoms with E-state index in [0.29, 0.717) is 12.3 Å². The maximum Gasteiger partial charge on any atom is 0.311 e. The van der Waals surface area contributed by atoms with Crippen molar-refractivity contribution < 1.29 is 9.66 Å². The van der Waals surface area contributed by atoms with Gasteiger partial charge in [0.2, 0.25) is 5.75 Å². The van der Waals surface area contributed by atoms with Crippen LogP contribution in [0.25, 0.3) is 0 Å². The number of benzene rings is 2. The first kappa shape index (κ1) is 15.0. The van der Waals surface area contributed by atoms with Crippen LogP contribution in [-0.2, 0) is 13.0 Å². The molecule has 0 aromatic heterocycles. The Labute approximate surface area is 123 Å². The summed E-state index contributed by atoms with van der Waals surface area (Å²) in [5, 5.41) is 14.2. The second kappa shape index (κ2) is 6.85. The highest BCUT2D eigenvalue weighted by molar-refractivity contribution is 5.50. The molecule has 0 aliphatic carbocycles. The third kappa shape index (κ3) is 3.79. The molecule has 0 saturated heterocycles. The molecule has 0 aliphatic rings. The number of nitro groups is 1. The lowest BCUT2D eigenvalue weighted by atomic mass is 10.1. The van der Waals surface area contributed by atoms with Crippen molar-refractivity contribution in [2.45, 2.75) is 19.9 Å². The van der Waals surface area contributed by atoms with Crippen molar-refractivity contribution in [2.75, 3.05) is 7.05 Å². The standard InChI is InChI=1S/C16H18N2O3/c1-3-12-7-8-16(15(10-12)18(19)20)21-14-6-4-5-13(9-14)11-17-2/h4-10,17H,3,11H2,1-2H3. The maximum atomic E-state index is 11.2. The second-order valence-corrected chi connectivity index (χ2v) is 4.69. The lowest BCUT2D eigenvalue weighted by molar-refractivity contribution is -0.385. The largest absolute Gasteiger partial charge is 0.450 e. The number of hydrogen-bond acceptors (Lipinski definition) is 4. The summed E-state index contributed by atoms with van der Waals surface area (Å²) in [6.45, 7) is 2.68. The van der Waals surface area contributed by atoms with Crippen molar-refractivity contribution >= 4 is 5.69 Å². The molecule has 0 spiro atoms. The van der Waals surface area contributed by atoms with Gasteiger partial charge in [-0.25, -0.2) is 0 Å². The molecule has 0 fully saturated rings. The summed E-state index contributed by atoms with van der Waals surface area (Å²) < 4.78 is 5.69. The molecule has 2 aromatic rings. The summed E-state index contributed by atoms with van der Waals surface area (Å²) in [4.78, 5) is 10.8. The van der Waals surface area contributed by atoms with E-state index >= 15 is 0 Å². The van der Waals surface area contributed by atoms with Crippen molar-refractivity contribution in [3.05, 3.63) is 63.7 Å². The van der Waals surface area contributed by atoms with Gasteiger partial charge in [0.1, 0.15) is 5.75 Å². The van der Waals surface area contributed by atoms with Crippen LogP contribution in [0.3, 0.4) is 0 Å². The molecular formula is C16H18N2O3. The zero-order valence-corrected chi connectivity index (χ0v) is 12.1. The molecule has 0 bridgehead atoms. The zero-order valence-electron chi connectivity index (χ0n) is 12.1. The van der Waals surface area contributed by atoms with Gasteiger partial charge >= 0.3 is 5.69 Å². The molecule has 5 nitrogen and oxygen atoms in total. The second-order valence-electron chi connectivity index (χ2n) is 4.69. The first-order valence-corrected chi connectivity index (χ1v) is 6.82. The van der Waals surface area contributed by atoms with Crippen LogP contribution in [0.2, 0.25) is 0 Å². The van der Waals surface area contributed by atoms with Crippen LogP contribution >= 0.6 is 0 Å². The van der Waals surface area contributed by atoms with Gasteiger partial charge in [-0.05, 0) is 42.8 Å². The Balaban J connectivity index is 2.30. The molecular weight excluding hydrogens is 268 g/mol. The number of nitrogens with zero attached hydrogens (tertiary/aromatic N) is 1. The minimum absolute atomic E-state index is 0.00614. The minimum atomic E-state index is -0.411. The fourth-order valence-corrected chi connectivity index (χ4v) is 2.06. The fourth-order valence-electron chi connectivity index (χ4n) is 2.06. The van der Waals surface area contributed by atoms with Gasteiger partial charge in [-0.1, -0.05) is 25.1 Å². The number of nitro benzene ring substituents is 1. The molecule has 1 N–H and O–H groups in total. The first-order valence-electron chi connectivity index (χ1n) is 6.82. The van der Waals surface area contributed by atoms with Gasteiger partial charge in [0.15, 0.2) is 0 Å². The molecule has 0 heterocycles. The zero-order chi connectivity index (χ0) is 15.2. The van der Waals surface area contributed by atoms with Crippen molar-refractivity contribution in [1.29, 1.82) is 0 Å². The Kier molecular flexibility index (Phi) is 4.90. The fraction of sp³-hybridized carbons (Fsp3) is 0.250. The topological polar surface area (TPSA) is 64.4 Å². The maximum absolute atomic E-state index is 11.2. The van der Waals surface area contributed by atoms with Crippen LogP contribution in [0.15, 0.2) is 42.5 Å². The summed E-state index contributed by atoms with van der Waals surface area (Å²) >= 11 is 0. The Morgan fingerprint density at radius 3 is 2.67 bits per heavy atom. The van der Waals surface area contributed by atoms with Crippen molar-refractivity contribution in [3.63, 3.8) is 0 Å². The smallest absolute Gasteiger partial charge is 0.311 e. The number of ether oxygens (including phenoxy) is 1. The molecule has 110 valence electrons. The predicted molar refractivity (Wildman–Crippen MR) is 81.8 cm³/mol. The summed E-state index contributed by atoms with van der Waals surface area (Å²) in [6.07, 6.45) is 0.749. The quantitative estimate of drug-likeness (QED) is 0.650. The lowest BCUT2D eigenvalue weighted by Crippen LogP contribution is -2.04. The SMILES string of the molecule is CCc1ccc(Oc2cccc(CNC)c2)c([N+](=O)[O-])c1. The summed E-state index contributed by atoms with van der Waals surface area (Å²) in [6, 6.07) is 12.6. The minimum Gasteiger partial charge on any atom is -0.450 e. The summed E-state index contributed by atoms with van der Waals surface area (Å²) in [7, 11) is 1.86. The van der Waals surface area contributed by atoms with Gasteiger partial charge in [-0.15, -0.1) is 0 Å². The van der Waals surface area contributed by atoms with E-state index in [9.17, 15) is 10.1 Å². The Morgan fingerprint density at radius 1 is 1.19 bits per heavy atom. The molecule has 0 atom stereocenters. The van der Waals surface area contributed by atoms with Crippen molar-refractivity contribution in [2.24, 2.45) is 0 Å². The van der Waals surface area contributed by atoms with Gasteiger partial charge < -0.3 is 10.1 Å². The number of nitrogens with one attached hydrogen (secondary N) is 1. The van der Waals surface area contributed by atoms with Gasteiger partial charge in [0.05, 0.1) is 4.92 Å². The van der Waals surface area contributed by atoms with E-state index in [1.165, 1.54) is 0 Å². The molecule has 21 heavy (non-hydrogen) atoms. The van der Waals surface area contributed by atoms with E-state index in [1.807, 2.05) is 38.2 Å². The van der Waals surface area contributed by atoms with Crippen LogP contribution in [0, 0.1) is 10.1 Å². The Bertz CT molecular complexity index is 641. The first-order chi connectivity index (χ1) is 10.1. The van der Waals surface area contributed by atoms with Crippen LogP contribution in [-0.4, -0.2) is 12.0 Å². The van der Waals surface area contributed by atoms with Gasteiger partial charge in [-0.3, -0.25) is 10.1 Å². The molecule has 2 aromatic carbocycles. The molecule has 2 rings (SSSR count). The highest BCUT2D eigenvalue weighted by Gasteiger charge is 2.16. The van der Waals surface area contributed by atoms with E-state index < -0.39 is 4.92 Å². The third-order valence-corrected chi connectivity index (χ3v) is 3.14. The number of rotatable bonds is 6. The summed E-state index contributed by atoms with van der Waals surface area (Å²) in [5.74, 6) is 0.855. The molecule has 0 saturated carbocycles. The normalized spacial score (nSPS) is 10.4. The Hall–Kier alpha value is -2.40. The lowest BCUT2D eigenvalue weighted by Gasteiger charge is -2.09. The van der Waals surface area contributed by atoms with E-state index in [0.717, 1.165) is 17.5 Å². The van der Waals surface area contributed by atoms with Crippen LogP contribution < -0.4 is 10.1 Å². The van der Waals surface area contributed by atoms with Gasteiger partial charge in [0.25, 0.3) is 0 Å². The average Bonchev–Trinajstić information content (AvgIpc) is 2.48. The monoisotopic (exact) mass is 286 g/mol. The predicted octanol–water partition coefficient (Wildman–Crippen LogP) is 3.67. The van der Waals surface area contributed by atoms with Crippen LogP contribution in [0.4, 0.5) is 5.69 Å². The van der Waals surface area contributed by atoms with Crippen LogP contribution in [0.5, 0.6) is 11.5 Å². The summed E-state index contributed by atoms with van der Waals surface area (Å²) in [5.41, 5.74) is 1.97. The van der Waals surface area contributed by atoms with E-state index in [2.05, 4.69) is 5.32 Å². The molecule has 0 amide bonds. The molecule has 0 radical (unpaired) electrons. The molecule has 0 unspecified atom stereocenters. The number of hydrogen-bond donors (Lipinski definition) is 1. The van der Waals surface area contributed by atoms with Gasteiger partial charge in [-0.2, -0.15) is 0 Å². The van der Waals surface area contributed by atoms with Crippen molar-refractivity contribution in [1.82, 2.24) is 5.32 Å². The molecule has 0 aliphatic heterocycles. The van der Waals surface area contributed by atoms with Gasteiger partial charge in [0, 0.05) is 12.6 Å². The van der Waals surface area contributed by atoms with E-state index in [4.69, 9.17) is 4.74 Å². The van der Waals surface area contributed by atoms with E-state index in [-0.39, 0.29) is 11.4 Å². The highest BCUT2D eigenvalue weighted by Crippen LogP contribution is 2.32. The third-order valence-electron chi connectivity index (χ3n) is 3.14. The van der Waals surface area contributed by atoms with E-state index in [1.54, 1.807) is 18.2 Å². The molecule has 5 heteroatoms. The Morgan fingerprint density at radius 2 is 2.00 bits per heavy atom. The number of aryl methyl sites for hydroxylation is 1.